The lowest BCUT2D eigenvalue weighted by Crippen LogP contribution is -2.63. The van der Waals surface area contributed by atoms with Gasteiger partial charge in [-0.1, -0.05) is 11.6 Å². The molecule has 3 heterocycles. The minimum Gasteiger partial charge on any atom is -0.507 e. The molecule has 0 spiro atoms. The predicted molar refractivity (Wildman–Crippen MR) is 167 cm³/mol. The van der Waals surface area contributed by atoms with Crippen LogP contribution in [0.1, 0.15) is 33.3 Å². The van der Waals surface area contributed by atoms with Crippen LogP contribution >= 0.6 is 0 Å². The van der Waals surface area contributed by atoms with Crippen LogP contribution in [-0.2, 0) is 20.6 Å². The number of phenolic OH excluding ortho intramolecular Hbond substituents is 3. The number of aliphatic hydroxyl groups excluding tert-OH is 5. The molecule has 5 rings (SSSR count). The van der Waals surface area contributed by atoms with E-state index in [4.69, 9.17) is 28.1 Å². The van der Waals surface area contributed by atoms with E-state index in [1.165, 1.54) is 39.2 Å². The molecule has 15 nitrogen and oxygen atoms in total. The Hall–Kier alpha value is -3.93. The molecule has 2 aromatic carbocycles. The Bertz CT molecular complexity index is 1730. The van der Waals surface area contributed by atoms with Gasteiger partial charge in [-0.15, -0.1) is 0 Å². The van der Waals surface area contributed by atoms with Gasteiger partial charge in [0.2, 0.25) is 17.5 Å². The summed E-state index contributed by atoms with van der Waals surface area (Å²) < 4.78 is 34.6. The number of methoxy groups -OCH3 is 1. The lowest BCUT2D eigenvalue weighted by Gasteiger charge is -2.45. The molecule has 0 aliphatic carbocycles. The molecule has 0 radical (unpaired) electrons. The summed E-state index contributed by atoms with van der Waals surface area (Å²) in [4.78, 5) is 14.3. The fourth-order valence-corrected chi connectivity index (χ4v) is 5.64. The summed E-state index contributed by atoms with van der Waals surface area (Å²) in [6.07, 6.45) is -13.5. The van der Waals surface area contributed by atoms with Crippen molar-refractivity contribution in [1.82, 2.24) is 0 Å². The zero-order valence-electron chi connectivity index (χ0n) is 26.8. The van der Waals surface area contributed by atoms with Crippen molar-refractivity contribution in [2.24, 2.45) is 0 Å². The fraction of sp³-hybridized carbons (Fsp3) is 0.485. The van der Waals surface area contributed by atoms with E-state index in [-0.39, 0.29) is 51.5 Å². The van der Waals surface area contributed by atoms with E-state index in [1.54, 1.807) is 6.08 Å². The van der Waals surface area contributed by atoms with E-state index in [9.17, 15) is 45.6 Å². The topological polar surface area (TPSA) is 238 Å². The molecule has 262 valence electrons. The number of rotatable bonds is 8. The minimum atomic E-state index is -1.80. The molecular weight excluding hydrogens is 636 g/mol. The molecule has 0 bridgehead atoms. The monoisotopic (exact) mass is 676 g/mol. The first kappa shape index (κ1) is 35.4. The number of benzene rings is 2. The summed E-state index contributed by atoms with van der Waals surface area (Å²) in [7, 11) is 1.34. The van der Waals surface area contributed by atoms with Gasteiger partial charge in [0.25, 0.3) is 0 Å². The van der Waals surface area contributed by atoms with Crippen LogP contribution in [0.2, 0.25) is 0 Å². The Labute approximate surface area is 274 Å². The molecule has 3 aromatic rings. The maximum Gasteiger partial charge on any atom is 0.239 e. The van der Waals surface area contributed by atoms with Gasteiger partial charge in [-0.2, -0.15) is 0 Å². The normalized spacial score (nSPS) is 30.6. The third kappa shape index (κ3) is 6.55. The molecule has 48 heavy (non-hydrogen) atoms. The molecule has 2 aliphatic heterocycles. The van der Waals surface area contributed by atoms with Crippen molar-refractivity contribution in [3.8, 4) is 40.1 Å². The van der Waals surface area contributed by atoms with Crippen LogP contribution in [0.4, 0.5) is 0 Å². The first-order valence-electron chi connectivity index (χ1n) is 15.2. The number of fused-ring (bicyclic) bond motifs is 1. The summed E-state index contributed by atoms with van der Waals surface area (Å²) in [5, 5.41) is 84.6. The molecule has 2 saturated heterocycles. The van der Waals surface area contributed by atoms with Gasteiger partial charge in [-0.25, -0.2) is 0 Å². The quantitative estimate of drug-likeness (QED) is 0.156. The average molecular weight is 677 g/mol. The molecule has 8 N–H and O–H groups in total. The van der Waals surface area contributed by atoms with E-state index >= 15 is 0 Å². The van der Waals surface area contributed by atoms with Crippen molar-refractivity contribution in [3.63, 3.8) is 0 Å². The lowest BCUT2D eigenvalue weighted by atomic mass is 9.98. The first-order chi connectivity index (χ1) is 22.6. The van der Waals surface area contributed by atoms with Gasteiger partial charge in [0.1, 0.15) is 53.0 Å². The minimum absolute atomic E-state index is 0.0946. The molecule has 2 aliphatic rings. The van der Waals surface area contributed by atoms with Crippen LogP contribution in [-0.4, -0.2) is 109 Å². The molecule has 15 heteroatoms. The van der Waals surface area contributed by atoms with Gasteiger partial charge in [-0.3, -0.25) is 4.79 Å². The van der Waals surface area contributed by atoms with Gasteiger partial charge in [-0.05, 0) is 52.3 Å². The summed E-state index contributed by atoms with van der Waals surface area (Å²) in [6.45, 7) is 6.51. The summed E-state index contributed by atoms with van der Waals surface area (Å²) >= 11 is 0. The third-order valence-corrected chi connectivity index (χ3v) is 8.46. The van der Waals surface area contributed by atoms with Crippen molar-refractivity contribution >= 4 is 11.0 Å². The Morgan fingerprint density at radius 1 is 0.833 bits per heavy atom. The second-order valence-corrected chi connectivity index (χ2v) is 12.1. The number of hydrogen-bond donors (Lipinski definition) is 8. The molecule has 0 saturated carbocycles. The summed E-state index contributed by atoms with van der Waals surface area (Å²) in [6, 6.07) is 5.07. The van der Waals surface area contributed by atoms with Crippen LogP contribution < -0.4 is 14.9 Å². The molecule has 0 amide bonds. The highest BCUT2D eigenvalue weighted by Crippen LogP contribution is 2.42. The van der Waals surface area contributed by atoms with E-state index in [2.05, 4.69) is 0 Å². The van der Waals surface area contributed by atoms with Gasteiger partial charge in [0.05, 0.1) is 19.3 Å². The highest BCUT2D eigenvalue weighted by Gasteiger charge is 2.50. The number of ether oxygens (including phenoxy) is 5. The van der Waals surface area contributed by atoms with Crippen molar-refractivity contribution in [1.29, 1.82) is 0 Å². The van der Waals surface area contributed by atoms with Gasteiger partial charge < -0.3 is 69.0 Å². The van der Waals surface area contributed by atoms with Crippen LogP contribution in [0.3, 0.4) is 0 Å². The molecule has 2 fully saturated rings. The second kappa shape index (κ2) is 13.9. The Morgan fingerprint density at radius 2 is 1.48 bits per heavy atom. The van der Waals surface area contributed by atoms with Crippen LogP contribution in [0.15, 0.2) is 45.1 Å². The molecule has 10 atom stereocenters. The van der Waals surface area contributed by atoms with E-state index in [1.807, 2.05) is 13.8 Å². The maximum absolute atomic E-state index is 14.3. The number of allylic oxidation sites excluding steroid dienone is 2. The van der Waals surface area contributed by atoms with Crippen molar-refractivity contribution in [3.05, 3.63) is 51.7 Å². The van der Waals surface area contributed by atoms with Crippen molar-refractivity contribution < 1.29 is 69.0 Å². The smallest absolute Gasteiger partial charge is 0.239 e. The highest BCUT2D eigenvalue weighted by molar-refractivity contribution is 5.91. The Morgan fingerprint density at radius 3 is 2.10 bits per heavy atom. The van der Waals surface area contributed by atoms with Crippen LogP contribution in [0, 0.1) is 0 Å². The van der Waals surface area contributed by atoms with E-state index in [0.29, 0.717) is 0 Å². The standard InChI is InChI=1S/C33H40O15/c1-12(2)6-8-16-17(34)11-19(36)21-24(39)30(28(46-29(16)21)15-7-9-20(43-5)18(35)10-15)47-33-31(26(41)23(38)14(4)45-33)48-32-27(42)25(40)22(37)13(3)44-32/h6-7,9-11,13-14,22-23,25-27,31-38,40-42H,8H2,1-5H3/t13-,14-,22-,23-,25+,26+,27+,31+,32-,33?/m0/s1. The molecule has 1 aromatic heterocycles. The van der Waals surface area contributed by atoms with Crippen molar-refractivity contribution in [2.45, 2.75) is 95.5 Å². The van der Waals surface area contributed by atoms with Gasteiger partial charge in [0, 0.05) is 17.2 Å². The fourth-order valence-electron chi connectivity index (χ4n) is 5.64. The molecule has 1 unspecified atom stereocenters. The van der Waals surface area contributed by atoms with E-state index in [0.717, 1.165) is 11.6 Å². The number of phenols is 3. The average Bonchev–Trinajstić information content (AvgIpc) is 3.03. The Kier molecular flexibility index (Phi) is 10.2. The maximum atomic E-state index is 14.3. The van der Waals surface area contributed by atoms with E-state index < -0.39 is 78.3 Å². The number of hydrogen-bond acceptors (Lipinski definition) is 15. The number of aliphatic hydroxyl groups is 5. The van der Waals surface area contributed by atoms with Crippen LogP contribution in [0.5, 0.6) is 28.7 Å². The summed E-state index contributed by atoms with van der Waals surface area (Å²) in [5.74, 6) is -2.07. The number of aromatic hydroxyl groups is 3. The second-order valence-electron chi connectivity index (χ2n) is 12.1. The SMILES string of the molecule is COc1ccc(-c2oc3c(CC=C(C)C)c(O)cc(O)c3c(=O)c2OC2O[C@@H](C)[C@H](O)[C@@H](O)[C@H]2O[C@@H]2O[C@@H](C)[C@H](O)[C@@H](O)[C@H]2O)cc1O. The van der Waals surface area contributed by atoms with Crippen molar-refractivity contribution in [2.75, 3.05) is 7.11 Å². The third-order valence-electron chi connectivity index (χ3n) is 8.46. The first-order valence-corrected chi connectivity index (χ1v) is 15.2. The van der Waals surface area contributed by atoms with Crippen LogP contribution in [0.25, 0.3) is 22.3 Å². The zero-order valence-corrected chi connectivity index (χ0v) is 26.8. The van der Waals surface area contributed by atoms with Gasteiger partial charge in [0.15, 0.2) is 29.7 Å². The highest BCUT2D eigenvalue weighted by atomic mass is 16.8. The lowest BCUT2D eigenvalue weighted by molar-refractivity contribution is -0.352. The summed E-state index contributed by atoms with van der Waals surface area (Å²) in [5.41, 5.74) is 0.0600. The largest absolute Gasteiger partial charge is 0.507 e. The van der Waals surface area contributed by atoms with Gasteiger partial charge >= 0.3 is 0 Å². The molecular formula is C33H40O15. The predicted octanol–water partition coefficient (Wildman–Crippen LogP) is 1.15. The Balaban J connectivity index is 1.68. The zero-order chi connectivity index (χ0) is 35.2.